The molecule has 0 aromatic rings. The summed E-state index contributed by atoms with van der Waals surface area (Å²) in [6.07, 6.45) is 8.15. The average Bonchev–Trinajstić information content (AvgIpc) is 3.10. The highest BCUT2D eigenvalue weighted by Gasteiger charge is 2.64. The first-order chi connectivity index (χ1) is 17.3. The van der Waals surface area contributed by atoms with Crippen molar-refractivity contribution in [2.75, 3.05) is 80.5 Å². The van der Waals surface area contributed by atoms with Gasteiger partial charge >= 0.3 is 0 Å². The van der Waals surface area contributed by atoms with E-state index in [4.69, 9.17) is 0 Å². The van der Waals surface area contributed by atoms with Gasteiger partial charge in [0.1, 0.15) is 0 Å². The van der Waals surface area contributed by atoms with E-state index in [1.807, 2.05) is 0 Å². The maximum absolute atomic E-state index is 11.8. The molecule has 2 saturated heterocycles. The number of hydrogen-bond acceptors (Lipinski definition) is 4. The van der Waals surface area contributed by atoms with Crippen LogP contribution in [-0.2, 0) is 0 Å². The van der Waals surface area contributed by atoms with Crippen LogP contribution in [0.3, 0.4) is 0 Å². The minimum absolute atomic E-state index is 0.0841. The van der Waals surface area contributed by atoms with Gasteiger partial charge in [-0.1, -0.05) is 13.8 Å². The van der Waals surface area contributed by atoms with Crippen LogP contribution < -0.4 is 0 Å². The second-order valence-corrected chi connectivity index (χ2v) is 16.4. The van der Waals surface area contributed by atoms with Crippen molar-refractivity contribution < 1.29 is 19.2 Å². The van der Waals surface area contributed by atoms with Gasteiger partial charge in [0.15, 0.2) is 0 Å². The van der Waals surface area contributed by atoms with Crippen molar-refractivity contribution in [2.45, 2.75) is 83.1 Å². The van der Waals surface area contributed by atoms with E-state index in [1.165, 1.54) is 64.7 Å². The monoisotopic (exact) mass is 518 g/mol. The summed E-state index contributed by atoms with van der Waals surface area (Å²) < 4.78 is 2.23. The van der Waals surface area contributed by atoms with Crippen LogP contribution in [0.5, 0.6) is 0 Å². The maximum atomic E-state index is 11.8. The predicted molar refractivity (Wildman–Crippen MR) is 149 cm³/mol. The molecule has 2 N–H and O–H groups in total. The van der Waals surface area contributed by atoms with Gasteiger partial charge in [0.05, 0.1) is 66.6 Å². The Morgan fingerprint density at radius 1 is 0.676 bits per heavy atom. The van der Waals surface area contributed by atoms with E-state index in [-0.39, 0.29) is 17.6 Å². The van der Waals surface area contributed by atoms with E-state index in [2.05, 4.69) is 51.8 Å². The number of piperazine rings is 2. The molecule has 0 aromatic carbocycles. The number of aliphatic hydroxyl groups is 2. The number of rotatable bonds is 2. The molecule has 6 rings (SSSR count). The van der Waals surface area contributed by atoms with Gasteiger partial charge in [0.25, 0.3) is 0 Å². The minimum atomic E-state index is -0.173. The lowest BCUT2D eigenvalue weighted by molar-refractivity contribution is -0.894. The van der Waals surface area contributed by atoms with Crippen molar-refractivity contribution >= 4 is 0 Å². The van der Waals surface area contributed by atoms with Crippen molar-refractivity contribution in [3.63, 3.8) is 0 Å². The number of fused-ring (bicyclic) bond motifs is 5. The van der Waals surface area contributed by atoms with Crippen molar-refractivity contribution in [2.24, 2.45) is 34.5 Å². The molecular formula is C31H58N4O2+2. The normalized spacial score (nSPS) is 52.2. The molecule has 4 aliphatic carbocycles. The van der Waals surface area contributed by atoms with Crippen molar-refractivity contribution in [1.82, 2.24) is 9.80 Å². The number of nitrogens with zero attached hydrogens (tertiary/aromatic N) is 4. The highest BCUT2D eigenvalue weighted by atomic mass is 16.3. The van der Waals surface area contributed by atoms with E-state index in [0.717, 1.165) is 53.4 Å². The fourth-order valence-corrected chi connectivity index (χ4v) is 10.7. The van der Waals surface area contributed by atoms with Gasteiger partial charge < -0.3 is 19.2 Å². The van der Waals surface area contributed by atoms with Gasteiger partial charge in [-0.3, -0.25) is 9.80 Å². The highest BCUT2D eigenvalue weighted by molar-refractivity contribution is 5.14. The Hall–Kier alpha value is -0.240. The van der Waals surface area contributed by atoms with E-state index in [9.17, 15) is 10.2 Å². The molecule has 212 valence electrons. The third-order valence-corrected chi connectivity index (χ3v) is 13.6. The predicted octanol–water partition coefficient (Wildman–Crippen LogP) is 2.49. The lowest BCUT2D eigenvalue weighted by Gasteiger charge is -2.62. The molecule has 2 heterocycles. The molecule has 37 heavy (non-hydrogen) atoms. The van der Waals surface area contributed by atoms with Gasteiger partial charge in [-0.25, -0.2) is 0 Å². The molecule has 10 atom stereocenters. The molecule has 0 aromatic heterocycles. The third kappa shape index (κ3) is 4.44. The average molecular weight is 519 g/mol. The molecule has 0 spiro atoms. The molecule has 6 heteroatoms. The fraction of sp³-hybridized carbons (Fsp3) is 1.00. The highest BCUT2D eigenvalue weighted by Crippen LogP contribution is 2.66. The molecule has 6 fully saturated rings. The summed E-state index contributed by atoms with van der Waals surface area (Å²) in [6, 6.07) is 0.695. The van der Waals surface area contributed by atoms with Crippen LogP contribution in [0.25, 0.3) is 0 Å². The Morgan fingerprint density at radius 2 is 1.24 bits per heavy atom. The molecule has 5 unspecified atom stereocenters. The van der Waals surface area contributed by atoms with Crippen LogP contribution in [0.4, 0.5) is 0 Å². The summed E-state index contributed by atoms with van der Waals surface area (Å²) in [7, 11) is 9.41. The molecule has 0 amide bonds. The van der Waals surface area contributed by atoms with E-state index in [1.54, 1.807) is 0 Å². The SMILES string of the molecule is C[C@]12CC(N3CC[N+](C)(C)CC3)C(O)CC1CC[C@@H]1[C@@H]2CC[C@]2(C)C(O)C(N3CC[N+](C)(C)CC3)C[C@@H]12. The molecule has 2 aliphatic heterocycles. The molecule has 0 radical (unpaired) electrons. The van der Waals surface area contributed by atoms with Gasteiger partial charge in [-0.05, 0) is 79.4 Å². The fourth-order valence-electron chi connectivity index (χ4n) is 10.7. The molecule has 0 bridgehead atoms. The first-order valence-corrected chi connectivity index (χ1v) is 15.8. The zero-order chi connectivity index (χ0) is 26.4. The largest absolute Gasteiger partial charge is 0.391 e. The maximum Gasteiger partial charge on any atom is 0.0912 e. The lowest BCUT2D eigenvalue weighted by atomic mass is 9.44. The smallest absolute Gasteiger partial charge is 0.0912 e. The van der Waals surface area contributed by atoms with Crippen LogP contribution in [0, 0.1) is 34.5 Å². The van der Waals surface area contributed by atoms with Gasteiger partial charge in [0.2, 0.25) is 0 Å². The molecule has 6 aliphatic rings. The summed E-state index contributed by atoms with van der Waals surface area (Å²) in [5.41, 5.74) is 0.423. The van der Waals surface area contributed by atoms with E-state index >= 15 is 0 Å². The number of likely N-dealkylation sites (N-methyl/N-ethyl adjacent to an activating group) is 2. The number of quaternary nitrogens is 2. The zero-order valence-electron chi connectivity index (χ0n) is 24.9. The van der Waals surface area contributed by atoms with Crippen LogP contribution in [-0.4, -0.2) is 134 Å². The van der Waals surface area contributed by atoms with Gasteiger partial charge in [-0.2, -0.15) is 0 Å². The lowest BCUT2D eigenvalue weighted by Crippen LogP contribution is -2.63. The van der Waals surface area contributed by atoms with Crippen LogP contribution in [0.2, 0.25) is 0 Å². The summed E-state index contributed by atoms with van der Waals surface area (Å²) in [4.78, 5) is 5.33. The van der Waals surface area contributed by atoms with Crippen LogP contribution >= 0.6 is 0 Å². The Labute approximate surface area is 227 Å². The molecular weight excluding hydrogens is 460 g/mol. The van der Waals surface area contributed by atoms with Crippen molar-refractivity contribution in [3.8, 4) is 0 Å². The molecule has 4 saturated carbocycles. The van der Waals surface area contributed by atoms with E-state index in [0.29, 0.717) is 29.3 Å². The van der Waals surface area contributed by atoms with Gasteiger partial charge in [-0.15, -0.1) is 0 Å². The first kappa shape index (κ1) is 27.0. The quantitative estimate of drug-likeness (QED) is 0.552. The Bertz CT molecular complexity index is 844. The second-order valence-electron chi connectivity index (χ2n) is 16.4. The van der Waals surface area contributed by atoms with Crippen molar-refractivity contribution in [3.05, 3.63) is 0 Å². The van der Waals surface area contributed by atoms with Gasteiger partial charge in [0, 0.05) is 38.3 Å². The van der Waals surface area contributed by atoms with Crippen LogP contribution in [0.15, 0.2) is 0 Å². The standard InChI is InChI=1S/C31H58N4O2/c1-30-10-9-24-23(25(30)20-26(29(30)37)32-11-15-34(3,4)16-12-32)8-7-22-19-28(36)27(21-31(22,24)2)33-13-17-35(5,6)18-14-33/h22-29,36-37H,7-21H2,1-6H3/q+2/t22?,23-,24+,25+,26?,27?,28?,29?,30+,31+/m1/s1. The summed E-state index contributed by atoms with van der Waals surface area (Å²) in [5, 5.41) is 23.2. The zero-order valence-corrected chi connectivity index (χ0v) is 24.9. The first-order valence-electron chi connectivity index (χ1n) is 15.8. The molecule has 6 nitrogen and oxygen atoms in total. The Kier molecular flexibility index (Phi) is 6.66. The summed E-state index contributed by atoms with van der Waals surface area (Å²) in [6.45, 7) is 14.4. The van der Waals surface area contributed by atoms with Crippen LogP contribution in [0.1, 0.15) is 58.8 Å². The topological polar surface area (TPSA) is 46.9 Å². The number of hydrogen-bond donors (Lipinski definition) is 2. The summed E-state index contributed by atoms with van der Waals surface area (Å²) in [5.74, 6) is 2.85. The summed E-state index contributed by atoms with van der Waals surface area (Å²) >= 11 is 0. The Morgan fingerprint density at radius 3 is 1.84 bits per heavy atom. The number of aliphatic hydroxyl groups excluding tert-OH is 2. The minimum Gasteiger partial charge on any atom is -0.391 e. The Balaban J connectivity index is 1.20. The third-order valence-electron chi connectivity index (χ3n) is 13.6. The second kappa shape index (κ2) is 9.14. The van der Waals surface area contributed by atoms with Crippen molar-refractivity contribution in [1.29, 1.82) is 0 Å². The van der Waals surface area contributed by atoms with E-state index < -0.39 is 0 Å².